The zero-order valence-corrected chi connectivity index (χ0v) is 10.7. The summed E-state index contributed by atoms with van der Waals surface area (Å²) in [5, 5.41) is 9.06. The summed E-state index contributed by atoms with van der Waals surface area (Å²) in [5.74, 6) is -0.960. The molecule has 1 aromatic rings. The van der Waals surface area contributed by atoms with Crippen molar-refractivity contribution in [1.29, 1.82) is 0 Å². The average Bonchev–Trinajstić information content (AvgIpc) is 3.14. The Hall–Kier alpha value is -1.59. The van der Waals surface area contributed by atoms with Gasteiger partial charge in [-0.15, -0.1) is 0 Å². The van der Waals surface area contributed by atoms with Crippen LogP contribution in [0.4, 0.5) is 5.69 Å². The molecule has 1 aliphatic heterocycles. The summed E-state index contributed by atoms with van der Waals surface area (Å²) in [6, 6.07) is 8.07. The third-order valence-electron chi connectivity index (χ3n) is 4.07. The highest BCUT2D eigenvalue weighted by Gasteiger charge is 2.58. The minimum absolute atomic E-state index is 0.0521. The highest BCUT2D eigenvalue weighted by atomic mass is 16.5. The zero-order chi connectivity index (χ0) is 13.5. The van der Waals surface area contributed by atoms with Gasteiger partial charge in [0.1, 0.15) is 5.54 Å². The Balaban J connectivity index is 1.71. The maximum Gasteiger partial charge on any atom is 0.324 e. The van der Waals surface area contributed by atoms with Gasteiger partial charge in [-0.3, -0.25) is 4.79 Å². The lowest BCUT2D eigenvalue weighted by Crippen LogP contribution is -2.36. The molecule has 1 saturated carbocycles. The van der Waals surface area contributed by atoms with Crippen LogP contribution in [-0.2, 0) is 9.53 Å². The van der Waals surface area contributed by atoms with E-state index in [1.165, 1.54) is 0 Å². The monoisotopic (exact) mass is 262 g/mol. The number of nitrogens with two attached hydrogens (primary N) is 1. The van der Waals surface area contributed by atoms with Gasteiger partial charge in [0.25, 0.3) is 0 Å². The van der Waals surface area contributed by atoms with Crippen LogP contribution in [0.25, 0.3) is 0 Å². The fourth-order valence-corrected chi connectivity index (χ4v) is 2.67. The summed E-state index contributed by atoms with van der Waals surface area (Å²) in [7, 11) is 0. The van der Waals surface area contributed by atoms with E-state index < -0.39 is 11.5 Å². The maximum absolute atomic E-state index is 11.0. The number of carbonyl (C=O) groups is 1. The van der Waals surface area contributed by atoms with Crippen LogP contribution in [0.3, 0.4) is 0 Å². The SMILES string of the molecule is NC1(C(=O)O)CC1c1ccc(N2CCOCC2)cc1. The maximum atomic E-state index is 11.0. The lowest BCUT2D eigenvalue weighted by Gasteiger charge is -2.29. The van der Waals surface area contributed by atoms with Gasteiger partial charge in [-0.1, -0.05) is 12.1 Å². The smallest absolute Gasteiger partial charge is 0.324 e. The van der Waals surface area contributed by atoms with E-state index in [-0.39, 0.29) is 5.92 Å². The molecule has 0 spiro atoms. The molecular formula is C14H18N2O3. The van der Waals surface area contributed by atoms with Crippen LogP contribution >= 0.6 is 0 Å². The van der Waals surface area contributed by atoms with Gasteiger partial charge in [0.05, 0.1) is 13.2 Å². The van der Waals surface area contributed by atoms with Crippen LogP contribution in [-0.4, -0.2) is 42.9 Å². The molecule has 2 unspecified atom stereocenters. The Morgan fingerprint density at radius 1 is 1.32 bits per heavy atom. The molecule has 0 aromatic heterocycles. The number of benzene rings is 1. The van der Waals surface area contributed by atoms with Crippen molar-refractivity contribution in [2.45, 2.75) is 17.9 Å². The van der Waals surface area contributed by atoms with Crippen LogP contribution in [0.5, 0.6) is 0 Å². The number of carboxylic acids is 1. The predicted octanol–water partition coefficient (Wildman–Crippen LogP) is 0.793. The van der Waals surface area contributed by atoms with E-state index in [1.54, 1.807) is 0 Å². The minimum atomic E-state index is -1.06. The second-order valence-corrected chi connectivity index (χ2v) is 5.29. The van der Waals surface area contributed by atoms with E-state index in [0.717, 1.165) is 37.6 Å². The normalized spacial score (nSPS) is 30.2. The number of hydrogen-bond acceptors (Lipinski definition) is 4. The fourth-order valence-electron chi connectivity index (χ4n) is 2.67. The summed E-state index contributed by atoms with van der Waals surface area (Å²) in [6.07, 6.45) is 0.527. The Bertz CT molecular complexity index is 482. The Labute approximate surface area is 112 Å². The molecule has 2 fully saturated rings. The lowest BCUT2D eigenvalue weighted by molar-refractivity contribution is -0.139. The molecule has 0 amide bonds. The summed E-state index contributed by atoms with van der Waals surface area (Å²) in [5.41, 5.74) is 6.94. The van der Waals surface area contributed by atoms with Crippen molar-refractivity contribution < 1.29 is 14.6 Å². The highest BCUT2D eigenvalue weighted by molar-refractivity contribution is 5.85. The number of rotatable bonds is 3. The molecule has 2 atom stereocenters. The van der Waals surface area contributed by atoms with Gasteiger partial charge < -0.3 is 20.5 Å². The molecule has 1 aliphatic carbocycles. The summed E-state index contributed by atoms with van der Waals surface area (Å²) in [4.78, 5) is 13.3. The number of aliphatic carboxylic acids is 1. The highest BCUT2D eigenvalue weighted by Crippen LogP contribution is 2.49. The second kappa shape index (κ2) is 4.51. The summed E-state index contributed by atoms with van der Waals surface area (Å²) < 4.78 is 5.32. The van der Waals surface area contributed by atoms with Gasteiger partial charge in [-0.05, 0) is 24.1 Å². The number of ether oxygens (including phenoxy) is 1. The third-order valence-corrected chi connectivity index (χ3v) is 4.07. The molecule has 3 rings (SSSR count). The van der Waals surface area contributed by atoms with Crippen molar-refractivity contribution in [2.24, 2.45) is 5.73 Å². The largest absolute Gasteiger partial charge is 0.480 e. The molecule has 1 saturated heterocycles. The molecule has 1 heterocycles. The predicted molar refractivity (Wildman–Crippen MR) is 71.4 cm³/mol. The molecule has 0 radical (unpaired) electrons. The molecule has 5 heteroatoms. The summed E-state index contributed by atoms with van der Waals surface area (Å²) >= 11 is 0. The van der Waals surface area contributed by atoms with Crippen molar-refractivity contribution in [3.05, 3.63) is 29.8 Å². The van der Waals surface area contributed by atoms with Crippen molar-refractivity contribution in [2.75, 3.05) is 31.2 Å². The number of morpholine rings is 1. The first-order valence-corrected chi connectivity index (χ1v) is 6.56. The Morgan fingerprint density at radius 2 is 1.95 bits per heavy atom. The summed E-state index contributed by atoms with van der Waals surface area (Å²) in [6.45, 7) is 3.32. The van der Waals surface area contributed by atoms with Crippen LogP contribution in [0.2, 0.25) is 0 Å². The Morgan fingerprint density at radius 3 is 2.47 bits per heavy atom. The molecule has 5 nitrogen and oxygen atoms in total. The van der Waals surface area contributed by atoms with Gasteiger partial charge in [0.2, 0.25) is 0 Å². The number of nitrogens with zero attached hydrogens (tertiary/aromatic N) is 1. The zero-order valence-electron chi connectivity index (χ0n) is 10.7. The molecule has 102 valence electrons. The van der Waals surface area contributed by atoms with E-state index in [4.69, 9.17) is 15.6 Å². The van der Waals surface area contributed by atoms with Crippen LogP contribution in [0.1, 0.15) is 17.9 Å². The van der Waals surface area contributed by atoms with E-state index in [0.29, 0.717) is 6.42 Å². The number of hydrogen-bond donors (Lipinski definition) is 2. The van der Waals surface area contributed by atoms with Crippen molar-refractivity contribution in [3.63, 3.8) is 0 Å². The molecule has 1 aromatic carbocycles. The quantitative estimate of drug-likeness (QED) is 0.842. The van der Waals surface area contributed by atoms with Crippen LogP contribution in [0, 0.1) is 0 Å². The van der Waals surface area contributed by atoms with Gasteiger partial charge >= 0.3 is 5.97 Å². The third kappa shape index (κ3) is 2.19. The molecule has 3 N–H and O–H groups in total. The fraction of sp³-hybridized carbons (Fsp3) is 0.500. The lowest BCUT2D eigenvalue weighted by atomic mass is 10.1. The van der Waals surface area contributed by atoms with Gasteiger partial charge in [0.15, 0.2) is 0 Å². The van der Waals surface area contributed by atoms with E-state index in [1.807, 2.05) is 24.3 Å². The number of carboxylic acid groups (broad SMARTS) is 1. The van der Waals surface area contributed by atoms with E-state index >= 15 is 0 Å². The first-order valence-electron chi connectivity index (χ1n) is 6.56. The van der Waals surface area contributed by atoms with Crippen molar-refractivity contribution in [1.82, 2.24) is 0 Å². The first-order chi connectivity index (χ1) is 9.11. The second-order valence-electron chi connectivity index (χ2n) is 5.29. The molecular weight excluding hydrogens is 244 g/mol. The van der Waals surface area contributed by atoms with Gasteiger partial charge in [0, 0.05) is 24.7 Å². The van der Waals surface area contributed by atoms with Crippen LogP contribution < -0.4 is 10.6 Å². The van der Waals surface area contributed by atoms with E-state index in [2.05, 4.69) is 4.90 Å². The van der Waals surface area contributed by atoms with Crippen molar-refractivity contribution >= 4 is 11.7 Å². The molecule has 19 heavy (non-hydrogen) atoms. The van der Waals surface area contributed by atoms with Crippen LogP contribution in [0.15, 0.2) is 24.3 Å². The van der Waals surface area contributed by atoms with E-state index in [9.17, 15) is 4.79 Å². The standard InChI is InChI=1S/C14H18N2O3/c15-14(13(17)18)9-12(14)10-1-3-11(4-2-10)16-5-7-19-8-6-16/h1-4,12H,5-9,15H2,(H,17,18). The topological polar surface area (TPSA) is 75.8 Å². The van der Waals surface area contributed by atoms with Gasteiger partial charge in [-0.25, -0.2) is 0 Å². The number of anilines is 1. The minimum Gasteiger partial charge on any atom is -0.480 e. The van der Waals surface area contributed by atoms with Crippen molar-refractivity contribution in [3.8, 4) is 0 Å². The molecule has 2 aliphatic rings. The average molecular weight is 262 g/mol. The first kappa shape index (κ1) is 12.4. The molecule has 0 bridgehead atoms. The van der Waals surface area contributed by atoms with Gasteiger partial charge in [-0.2, -0.15) is 0 Å². The Kier molecular flexibility index (Phi) is 2.95.